The number of carbonyl (C=O) groups is 1. The predicted octanol–water partition coefficient (Wildman–Crippen LogP) is 4.84. The largest absolute Gasteiger partial charge is 0.383 e. The summed E-state index contributed by atoms with van der Waals surface area (Å²) < 4.78 is 18.9. The Morgan fingerprint density at radius 2 is 1.93 bits per heavy atom. The van der Waals surface area contributed by atoms with E-state index in [1.807, 2.05) is 36.4 Å². The number of benzene rings is 3. The molecule has 0 bridgehead atoms. The normalized spacial score (nSPS) is 12.4. The molecule has 0 unspecified atom stereocenters. The van der Waals surface area contributed by atoms with E-state index in [0.29, 0.717) is 35.7 Å². The van der Waals surface area contributed by atoms with Gasteiger partial charge in [-0.1, -0.05) is 42.1 Å². The Balaban J connectivity index is 1.79. The first kappa shape index (κ1) is 19.4. The maximum Gasteiger partial charge on any atom is 0.251 e. The highest BCUT2D eigenvalue weighted by Gasteiger charge is 2.20. The first-order valence-corrected chi connectivity index (χ1v) is 10.0. The zero-order valence-corrected chi connectivity index (χ0v) is 16.6. The van der Waals surface area contributed by atoms with Crippen LogP contribution in [-0.2, 0) is 4.74 Å². The van der Waals surface area contributed by atoms with Gasteiger partial charge in [0.2, 0.25) is 0 Å². The fraction of sp³-hybridized carbons (Fsp3) is 0.130. The van der Waals surface area contributed by atoms with Crippen molar-refractivity contribution in [3.8, 4) is 0 Å². The fourth-order valence-electron chi connectivity index (χ4n) is 3.11. The summed E-state index contributed by atoms with van der Waals surface area (Å²) in [5.41, 5.74) is 3.52. The average molecular weight is 406 g/mol. The van der Waals surface area contributed by atoms with Crippen molar-refractivity contribution in [2.45, 2.75) is 9.79 Å². The van der Waals surface area contributed by atoms with Gasteiger partial charge >= 0.3 is 0 Å². The lowest BCUT2D eigenvalue weighted by Crippen LogP contribution is -2.26. The number of hydrogen-bond acceptors (Lipinski definition) is 4. The number of hydrogen-bond donors (Lipinski definition) is 1. The van der Waals surface area contributed by atoms with Gasteiger partial charge in [-0.15, -0.1) is 0 Å². The van der Waals surface area contributed by atoms with Gasteiger partial charge in [0.1, 0.15) is 5.82 Å². The summed E-state index contributed by atoms with van der Waals surface area (Å²) in [7, 11) is 1.59. The fourth-order valence-corrected chi connectivity index (χ4v) is 4.11. The summed E-state index contributed by atoms with van der Waals surface area (Å²) in [4.78, 5) is 19.3. The van der Waals surface area contributed by atoms with Gasteiger partial charge in [0.15, 0.2) is 0 Å². The van der Waals surface area contributed by atoms with Crippen molar-refractivity contribution in [3.05, 3.63) is 89.2 Å². The van der Waals surface area contributed by atoms with Gasteiger partial charge < -0.3 is 10.1 Å². The van der Waals surface area contributed by atoms with E-state index in [0.717, 1.165) is 15.4 Å². The van der Waals surface area contributed by atoms with E-state index in [1.54, 1.807) is 37.1 Å². The number of amides is 1. The molecule has 0 saturated carbocycles. The molecule has 4 nitrogen and oxygen atoms in total. The van der Waals surface area contributed by atoms with Crippen LogP contribution in [0.5, 0.6) is 0 Å². The molecule has 3 aromatic carbocycles. The van der Waals surface area contributed by atoms with E-state index in [1.165, 1.54) is 12.1 Å². The molecule has 1 aliphatic rings. The molecule has 1 heterocycles. The van der Waals surface area contributed by atoms with E-state index in [-0.39, 0.29) is 11.7 Å². The maximum atomic E-state index is 13.9. The average Bonchev–Trinajstić information content (AvgIpc) is 2.90. The van der Waals surface area contributed by atoms with Crippen LogP contribution in [-0.4, -0.2) is 31.9 Å². The molecule has 0 saturated heterocycles. The number of methoxy groups -OCH3 is 1. The van der Waals surface area contributed by atoms with Gasteiger partial charge in [-0.25, -0.2) is 9.38 Å². The third-order valence-electron chi connectivity index (χ3n) is 4.51. The van der Waals surface area contributed by atoms with E-state index >= 15 is 0 Å². The Hall–Kier alpha value is -2.96. The monoisotopic (exact) mass is 406 g/mol. The first-order valence-electron chi connectivity index (χ1n) is 9.19. The Morgan fingerprint density at radius 3 is 2.76 bits per heavy atom. The minimum Gasteiger partial charge on any atom is -0.383 e. The number of fused-ring (bicyclic) bond motifs is 2. The summed E-state index contributed by atoms with van der Waals surface area (Å²) in [6.07, 6.45) is 0. The minimum absolute atomic E-state index is 0.181. The topological polar surface area (TPSA) is 50.7 Å². The van der Waals surface area contributed by atoms with Crippen molar-refractivity contribution in [1.29, 1.82) is 0 Å². The Kier molecular flexibility index (Phi) is 5.74. The summed E-state index contributed by atoms with van der Waals surface area (Å²) >= 11 is 1.59. The van der Waals surface area contributed by atoms with Gasteiger partial charge in [-0.2, -0.15) is 0 Å². The zero-order valence-electron chi connectivity index (χ0n) is 15.8. The summed E-state index contributed by atoms with van der Waals surface area (Å²) in [5.74, 6) is -0.495. The Bertz CT molecular complexity index is 1100. The Morgan fingerprint density at radius 1 is 1.07 bits per heavy atom. The van der Waals surface area contributed by atoms with Gasteiger partial charge in [0, 0.05) is 40.1 Å². The van der Waals surface area contributed by atoms with Crippen LogP contribution >= 0.6 is 11.8 Å². The molecular weight excluding hydrogens is 387 g/mol. The summed E-state index contributed by atoms with van der Waals surface area (Å²) in [6, 6.07) is 19.8. The number of aliphatic imine (C=N–C) groups is 1. The van der Waals surface area contributed by atoms with E-state index in [9.17, 15) is 9.18 Å². The molecule has 1 amide bonds. The van der Waals surface area contributed by atoms with Gasteiger partial charge in [0.25, 0.3) is 5.91 Å². The van der Waals surface area contributed by atoms with Gasteiger partial charge in [-0.05, 0) is 36.4 Å². The highest BCUT2D eigenvalue weighted by molar-refractivity contribution is 7.99. The molecule has 4 rings (SSSR count). The predicted molar refractivity (Wildman–Crippen MR) is 113 cm³/mol. The maximum absolute atomic E-state index is 13.9. The van der Waals surface area contributed by atoms with E-state index in [2.05, 4.69) is 5.32 Å². The molecule has 0 fully saturated rings. The minimum atomic E-state index is -0.314. The highest BCUT2D eigenvalue weighted by Crippen LogP contribution is 2.41. The number of carbonyl (C=O) groups excluding carboxylic acids is 1. The summed E-state index contributed by atoms with van der Waals surface area (Å²) in [5, 5.41) is 2.82. The third kappa shape index (κ3) is 4.23. The molecule has 1 aliphatic heterocycles. The number of rotatable bonds is 5. The lowest BCUT2D eigenvalue weighted by Gasteiger charge is -2.09. The number of nitrogens with one attached hydrogen (secondary N) is 1. The molecule has 29 heavy (non-hydrogen) atoms. The molecule has 0 atom stereocenters. The molecule has 146 valence electrons. The van der Waals surface area contributed by atoms with Crippen LogP contribution in [0.15, 0.2) is 81.5 Å². The molecule has 0 aliphatic carbocycles. The zero-order chi connectivity index (χ0) is 20.2. The highest BCUT2D eigenvalue weighted by atomic mass is 32.2. The van der Waals surface area contributed by atoms with Crippen LogP contribution in [0, 0.1) is 5.82 Å². The number of nitrogens with zero attached hydrogens (tertiary/aromatic N) is 1. The van der Waals surface area contributed by atoms with Crippen LogP contribution in [0.4, 0.5) is 10.1 Å². The molecular formula is C23H19FN2O2S. The van der Waals surface area contributed by atoms with Crippen molar-refractivity contribution in [2.75, 3.05) is 20.3 Å². The smallest absolute Gasteiger partial charge is 0.251 e. The van der Waals surface area contributed by atoms with Crippen LogP contribution < -0.4 is 5.32 Å². The Labute approximate surface area is 172 Å². The van der Waals surface area contributed by atoms with Crippen molar-refractivity contribution >= 4 is 29.1 Å². The van der Waals surface area contributed by atoms with Gasteiger partial charge in [0.05, 0.1) is 18.0 Å². The second kappa shape index (κ2) is 8.59. The van der Waals surface area contributed by atoms with Crippen LogP contribution in [0.1, 0.15) is 21.5 Å². The molecule has 3 aromatic rings. The van der Waals surface area contributed by atoms with E-state index in [4.69, 9.17) is 9.73 Å². The second-order valence-electron chi connectivity index (χ2n) is 6.50. The van der Waals surface area contributed by atoms with Crippen molar-refractivity contribution in [3.63, 3.8) is 0 Å². The third-order valence-corrected chi connectivity index (χ3v) is 5.65. The second-order valence-corrected chi connectivity index (χ2v) is 7.58. The van der Waals surface area contributed by atoms with Crippen molar-refractivity contribution in [1.82, 2.24) is 5.32 Å². The molecule has 0 spiro atoms. The number of ether oxygens (including phenoxy) is 1. The van der Waals surface area contributed by atoms with Crippen molar-refractivity contribution in [2.24, 2.45) is 4.99 Å². The molecule has 6 heteroatoms. The lowest BCUT2D eigenvalue weighted by atomic mass is 10.0. The van der Waals surface area contributed by atoms with Crippen LogP contribution in [0.3, 0.4) is 0 Å². The first-order chi connectivity index (χ1) is 14.2. The quantitative estimate of drug-likeness (QED) is 0.483. The molecule has 0 aromatic heterocycles. The number of halogens is 1. The lowest BCUT2D eigenvalue weighted by molar-refractivity contribution is 0.0937. The van der Waals surface area contributed by atoms with E-state index < -0.39 is 0 Å². The van der Waals surface area contributed by atoms with Crippen LogP contribution in [0.25, 0.3) is 0 Å². The van der Waals surface area contributed by atoms with Crippen molar-refractivity contribution < 1.29 is 13.9 Å². The summed E-state index contributed by atoms with van der Waals surface area (Å²) in [6.45, 7) is 0.883. The SMILES string of the molecule is COCCNC(=O)c1ccc2c(c1)N=C(c1cccc(F)c1)c1ccccc1S2. The standard InChI is InChI=1S/C23H19FN2O2S/c1-28-12-11-25-23(27)16-9-10-21-19(14-16)26-22(15-5-4-6-17(24)13-15)18-7-2-3-8-20(18)29-21/h2-10,13-14H,11-12H2,1H3,(H,25,27). The molecule has 0 radical (unpaired) electrons. The molecule has 1 N–H and O–H groups in total. The van der Waals surface area contributed by atoms with Gasteiger partial charge in [-0.3, -0.25) is 4.79 Å². The van der Waals surface area contributed by atoms with Crippen LogP contribution in [0.2, 0.25) is 0 Å².